The highest BCUT2D eigenvalue weighted by molar-refractivity contribution is 5.06. The van der Waals surface area contributed by atoms with Gasteiger partial charge in [0, 0.05) is 24.0 Å². The number of hydrogen-bond acceptors (Lipinski definition) is 3. The van der Waals surface area contributed by atoms with Gasteiger partial charge in [-0.25, -0.2) is 4.79 Å². The van der Waals surface area contributed by atoms with Gasteiger partial charge in [0.2, 0.25) is 0 Å². The first-order valence-corrected chi connectivity index (χ1v) is 5.35. The van der Waals surface area contributed by atoms with Gasteiger partial charge in [-0.1, -0.05) is 13.3 Å². The molecule has 0 saturated heterocycles. The third kappa shape index (κ3) is 3.16. The molecule has 0 aromatic carbocycles. The summed E-state index contributed by atoms with van der Waals surface area (Å²) < 4.78 is 1.65. The van der Waals surface area contributed by atoms with Crippen LogP contribution in [-0.2, 0) is 6.54 Å². The molecular formula is C11H19N3O. The molecule has 0 amide bonds. The van der Waals surface area contributed by atoms with Crippen LogP contribution in [0.2, 0.25) is 0 Å². The summed E-state index contributed by atoms with van der Waals surface area (Å²) in [6, 6.07) is 1.94. The highest BCUT2D eigenvalue weighted by Crippen LogP contribution is 2.00. The summed E-state index contributed by atoms with van der Waals surface area (Å²) in [5.74, 6) is 0. The van der Waals surface area contributed by atoms with Gasteiger partial charge in [0.25, 0.3) is 0 Å². The molecule has 1 rings (SSSR count). The average molecular weight is 209 g/mol. The molecule has 0 aliphatic heterocycles. The molecule has 4 heteroatoms. The van der Waals surface area contributed by atoms with Crippen molar-refractivity contribution in [2.24, 2.45) is 5.73 Å². The Labute approximate surface area is 90.1 Å². The van der Waals surface area contributed by atoms with Gasteiger partial charge in [0.05, 0.1) is 0 Å². The van der Waals surface area contributed by atoms with Crippen molar-refractivity contribution >= 4 is 0 Å². The van der Waals surface area contributed by atoms with Crippen molar-refractivity contribution in [1.82, 2.24) is 9.55 Å². The van der Waals surface area contributed by atoms with E-state index in [4.69, 9.17) is 5.73 Å². The fourth-order valence-electron chi connectivity index (χ4n) is 1.69. The second kappa shape index (κ2) is 5.07. The molecule has 4 nitrogen and oxygen atoms in total. The van der Waals surface area contributed by atoms with Crippen LogP contribution in [0.4, 0.5) is 0 Å². The molecule has 15 heavy (non-hydrogen) atoms. The van der Waals surface area contributed by atoms with Gasteiger partial charge >= 0.3 is 5.69 Å². The van der Waals surface area contributed by atoms with Gasteiger partial charge in [0.15, 0.2) is 0 Å². The summed E-state index contributed by atoms with van der Waals surface area (Å²) in [5.41, 5.74) is 7.40. The highest BCUT2D eigenvalue weighted by atomic mass is 16.1. The van der Waals surface area contributed by atoms with E-state index in [1.54, 1.807) is 4.57 Å². The average Bonchev–Trinajstić information content (AvgIpc) is 2.11. The van der Waals surface area contributed by atoms with E-state index in [-0.39, 0.29) is 11.7 Å². The first-order chi connectivity index (χ1) is 7.04. The summed E-state index contributed by atoms with van der Waals surface area (Å²) in [7, 11) is 0. The topological polar surface area (TPSA) is 60.9 Å². The molecule has 0 bridgehead atoms. The molecule has 2 N–H and O–H groups in total. The Kier molecular flexibility index (Phi) is 4.03. The van der Waals surface area contributed by atoms with Crippen molar-refractivity contribution in [3.8, 4) is 0 Å². The fourth-order valence-corrected chi connectivity index (χ4v) is 1.69. The molecule has 0 aliphatic carbocycles. The fraction of sp³-hybridized carbons (Fsp3) is 0.636. The zero-order valence-electron chi connectivity index (χ0n) is 9.66. The molecule has 1 heterocycles. The second-order valence-electron chi connectivity index (χ2n) is 3.98. The van der Waals surface area contributed by atoms with Crippen LogP contribution in [0.25, 0.3) is 0 Å². The Morgan fingerprint density at radius 3 is 2.73 bits per heavy atom. The maximum atomic E-state index is 11.6. The number of aromatic nitrogens is 2. The predicted octanol–water partition coefficient (Wildman–Crippen LogP) is 0.988. The lowest BCUT2D eigenvalue weighted by Gasteiger charge is -2.14. The summed E-state index contributed by atoms with van der Waals surface area (Å²) in [6.45, 7) is 6.38. The first kappa shape index (κ1) is 11.9. The zero-order valence-corrected chi connectivity index (χ0v) is 9.66. The van der Waals surface area contributed by atoms with Crippen LogP contribution in [0, 0.1) is 13.8 Å². The van der Waals surface area contributed by atoms with Gasteiger partial charge in [-0.2, -0.15) is 4.98 Å². The molecular weight excluding hydrogens is 190 g/mol. The molecule has 1 unspecified atom stereocenters. The van der Waals surface area contributed by atoms with E-state index in [1.807, 2.05) is 19.9 Å². The van der Waals surface area contributed by atoms with E-state index in [0.717, 1.165) is 24.2 Å². The van der Waals surface area contributed by atoms with Gasteiger partial charge < -0.3 is 5.73 Å². The zero-order chi connectivity index (χ0) is 11.4. The monoisotopic (exact) mass is 209 g/mol. The Morgan fingerprint density at radius 2 is 2.20 bits per heavy atom. The maximum Gasteiger partial charge on any atom is 0.348 e. The molecule has 1 atom stereocenters. The van der Waals surface area contributed by atoms with Crippen LogP contribution in [0.15, 0.2) is 10.9 Å². The Morgan fingerprint density at radius 1 is 1.53 bits per heavy atom. The third-order valence-electron chi connectivity index (χ3n) is 2.42. The molecule has 1 aromatic heterocycles. The summed E-state index contributed by atoms with van der Waals surface area (Å²) >= 11 is 0. The lowest BCUT2D eigenvalue weighted by Crippen LogP contribution is -2.34. The Balaban J connectivity index is 2.90. The smallest absolute Gasteiger partial charge is 0.326 e. The summed E-state index contributed by atoms with van der Waals surface area (Å²) in [4.78, 5) is 15.5. The quantitative estimate of drug-likeness (QED) is 0.804. The number of nitrogens with zero attached hydrogens (tertiary/aromatic N) is 2. The third-order valence-corrected chi connectivity index (χ3v) is 2.42. The van der Waals surface area contributed by atoms with Gasteiger partial charge in [0.1, 0.15) is 0 Å². The highest BCUT2D eigenvalue weighted by Gasteiger charge is 2.07. The molecule has 0 aliphatic rings. The van der Waals surface area contributed by atoms with E-state index in [0.29, 0.717) is 6.54 Å². The van der Waals surface area contributed by atoms with Gasteiger partial charge in [-0.3, -0.25) is 4.57 Å². The molecule has 0 fully saturated rings. The van der Waals surface area contributed by atoms with E-state index in [1.165, 1.54) is 0 Å². The lowest BCUT2D eigenvalue weighted by molar-refractivity contribution is 0.490. The van der Waals surface area contributed by atoms with Crippen molar-refractivity contribution in [1.29, 1.82) is 0 Å². The van der Waals surface area contributed by atoms with Crippen LogP contribution < -0.4 is 11.4 Å². The number of nitrogens with two attached hydrogens (primary N) is 1. The summed E-state index contributed by atoms with van der Waals surface area (Å²) in [6.07, 6.45) is 1.97. The minimum atomic E-state index is -0.195. The molecule has 84 valence electrons. The van der Waals surface area contributed by atoms with Crippen molar-refractivity contribution < 1.29 is 0 Å². The van der Waals surface area contributed by atoms with E-state index < -0.39 is 0 Å². The predicted molar refractivity (Wildman–Crippen MR) is 60.9 cm³/mol. The summed E-state index contributed by atoms with van der Waals surface area (Å²) in [5, 5.41) is 0. The van der Waals surface area contributed by atoms with Crippen LogP contribution in [-0.4, -0.2) is 15.6 Å². The second-order valence-corrected chi connectivity index (χ2v) is 3.98. The minimum Gasteiger partial charge on any atom is -0.326 e. The van der Waals surface area contributed by atoms with Crippen LogP contribution in [0.5, 0.6) is 0 Å². The molecule has 0 saturated carbocycles. The minimum absolute atomic E-state index is 0.0379. The van der Waals surface area contributed by atoms with Crippen molar-refractivity contribution in [3.63, 3.8) is 0 Å². The Bertz CT molecular complexity index is 384. The number of hydrogen-bond donors (Lipinski definition) is 1. The number of rotatable bonds is 4. The normalized spacial score (nSPS) is 12.8. The SMILES string of the molecule is CCCC(N)Cn1c(C)cc(C)nc1=O. The standard InChI is InChI=1S/C11H19N3O/c1-4-5-10(12)7-14-9(3)6-8(2)13-11(14)15/h6,10H,4-5,7,12H2,1-3H3. The van der Waals surface area contributed by atoms with Crippen molar-refractivity contribution in [3.05, 3.63) is 27.9 Å². The van der Waals surface area contributed by atoms with Crippen LogP contribution in [0.1, 0.15) is 31.2 Å². The van der Waals surface area contributed by atoms with Gasteiger partial charge in [-0.05, 0) is 26.3 Å². The largest absolute Gasteiger partial charge is 0.348 e. The molecule has 0 spiro atoms. The Hall–Kier alpha value is -1.16. The van der Waals surface area contributed by atoms with Crippen LogP contribution >= 0.6 is 0 Å². The van der Waals surface area contributed by atoms with Crippen molar-refractivity contribution in [2.45, 2.75) is 46.2 Å². The van der Waals surface area contributed by atoms with Crippen LogP contribution in [0.3, 0.4) is 0 Å². The van der Waals surface area contributed by atoms with E-state index >= 15 is 0 Å². The maximum absolute atomic E-state index is 11.6. The van der Waals surface area contributed by atoms with E-state index in [9.17, 15) is 4.79 Å². The lowest BCUT2D eigenvalue weighted by atomic mass is 10.2. The number of aryl methyl sites for hydroxylation is 2. The van der Waals surface area contributed by atoms with Gasteiger partial charge in [-0.15, -0.1) is 0 Å². The van der Waals surface area contributed by atoms with E-state index in [2.05, 4.69) is 11.9 Å². The first-order valence-electron chi connectivity index (χ1n) is 5.35. The molecule has 0 radical (unpaired) electrons. The van der Waals surface area contributed by atoms with Crippen molar-refractivity contribution in [2.75, 3.05) is 0 Å². The molecule has 1 aromatic rings.